The zero-order valence-corrected chi connectivity index (χ0v) is 12.6. The molecule has 0 radical (unpaired) electrons. The minimum atomic E-state index is -4.54. The maximum atomic E-state index is 12.9. The summed E-state index contributed by atoms with van der Waals surface area (Å²) in [4.78, 5) is 11.9. The van der Waals surface area contributed by atoms with Gasteiger partial charge in [0.2, 0.25) is 5.91 Å². The number of carbonyl (C=O) groups is 1. The molecule has 0 saturated heterocycles. The van der Waals surface area contributed by atoms with Gasteiger partial charge in [-0.2, -0.15) is 13.2 Å². The number of carbonyl (C=O) groups excluding carboxylic acids is 1. The molecule has 0 fully saturated rings. The van der Waals surface area contributed by atoms with Gasteiger partial charge in [-0.1, -0.05) is 15.9 Å². The molecule has 2 nitrogen and oxygen atoms in total. The zero-order valence-electron chi connectivity index (χ0n) is 10.2. The van der Waals surface area contributed by atoms with Crippen molar-refractivity contribution in [2.45, 2.75) is 20.0 Å². The van der Waals surface area contributed by atoms with E-state index in [1.165, 1.54) is 12.1 Å². The number of anilines is 1. The molecule has 1 rings (SSSR count). The summed E-state index contributed by atoms with van der Waals surface area (Å²) >= 11 is 8.59. The molecular formula is C12H12BrClF3NO. The Morgan fingerprint density at radius 1 is 1.37 bits per heavy atom. The van der Waals surface area contributed by atoms with Crippen molar-refractivity contribution >= 4 is 39.1 Å². The van der Waals surface area contributed by atoms with Crippen molar-refractivity contribution in [1.29, 1.82) is 0 Å². The minimum absolute atomic E-state index is 0.0106. The summed E-state index contributed by atoms with van der Waals surface area (Å²) < 4.78 is 38.9. The van der Waals surface area contributed by atoms with Crippen LogP contribution in [0, 0.1) is 5.41 Å². The third-order valence-electron chi connectivity index (χ3n) is 2.48. The summed E-state index contributed by atoms with van der Waals surface area (Å²) in [7, 11) is 0. The first-order valence-electron chi connectivity index (χ1n) is 5.32. The number of benzene rings is 1. The van der Waals surface area contributed by atoms with E-state index in [2.05, 4.69) is 21.2 Å². The Morgan fingerprint density at radius 2 is 1.95 bits per heavy atom. The first kappa shape index (κ1) is 16.3. The Bertz CT molecular complexity index is 488. The van der Waals surface area contributed by atoms with E-state index in [0.29, 0.717) is 0 Å². The van der Waals surface area contributed by atoms with Gasteiger partial charge in [0.25, 0.3) is 0 Å². The van der Waals surface area contributed by atoms with Gasteiger partial charge < -0.3 is 5.32 Å². The molecule has 0 atom stereocenters. The van der Waals surface area contributed by atoms with Crippen LogP contribution in [0.2, 0.25) is 0 Å². The minimum Gasteiger partial charge on any atom is -0.325 e. The molecule has 0 aliphatic rings. The van der Waals surface area contributed by atoms with Crippen LogP contribution in [0.1, 0.15) is 19.4 Å². The molecule has 0 bridgehead atoms. The lowest BCUT2D eigenvalue weighted by Crippen LogP contribution is -2.33. The van der Waals surface area contributed by atoms with Crippen LogP contribution in [0.5, 0.6) is 0 Å². The Labute approximate surface area is 122 Å². The fraction of sp³-hybridized carbons (Fsp3) is 0.417. The van der Waals surface area contributed by atoms with Crippen molar-refractivity contribution in [1.82, 2.24) is 0 Å². The largest absolute Gasteiger partial charge is 0.418 e. The van der Waals surface area contributed by atoms with E-state index >= 15 is 0 Å². The fourth-order valence-electron chi connectivity index (χ4n) is 1.21. The SMILES string of the molecule is CC(C)(CCl)C(=O)Nc1ccc(Br)cc1C(F)(F)F. The maximum absolute atomic E-state index is 12.9. The smallest absolute Gasteiger partial charge is 0.325 e. The van der Waals surface area contributed by atoms with Gasteiger partial charge in [-0.25, -0.2) is 0 Å². The summed E-state index contributed by atoms with van der Waals surface area (Å²) in [5.41, 5.74) is -2.13. The standard InChI is InChI=1S/C12H12BrClF3NO/c1-11(2,6-14)10(19)18-9-4-3-7(13)5-8(9)12(15,16)17/h3-5H,6H2,1-2H3,(H,18,19). The molecule has 0 spiro atoms. The van der Waals surface area contributed by atoms with Crippen LogP contribution in [-0.2, 0) is 11.0 Å². The number of amides is 1. The number of nitrogens with one attached hydrogen (secondary N) is 1. The molecule has 0 unspecified atom stereocenters. The van der Waals surface area contributed by atoms with E-state index in [4.69, 9.17) is 11.6 Å². The van der Waals surface area contributed by atoms with Crippen LogP contribution in [0.3, 0.4) is 0 Å². The number of hydrogen-bond donors (Lipinski definition) is 1. The quantitative estimate of drug-likeness (QED) is 0.782. The van der Waals surface area contributed by atoms with Gasteiger partial charge in [-0.05, 0) is 32.0 Å². The number of alkyl halides is 4. The molecule has 1 N–H and O–H groups in total. The van der Waals surface area contributed by atoms with Crippen LogP contribution in [0.4, 0.5) is 18.9 Å². The molecule has 0 heterocycles. The number of halogens is 5. The van der Waals surface area contributed by atoms with Crippen molar-refractivity contribution in [3.8, 4) is 0 Å². The monoisotopic (exact) mass is 357 g/mol. The fourth-order valence-corrected chi connectivity index (χ4v) is 1.69. The van der Waals surface area contributed by atoms with Crippen molar-refractivity contribution < 1.29 is 18.0 Å². The Kier molecular flexibility index (Phi) is 4.90. The number of rotatable bonds is 3. The van der Waals surface area contributed by atoms with Crippen LogP contribution in [0.15, 0.2) is 22.7 Å². The average molecular weight is 359 g/mol. The topological polar surface area (TPSA) is 29.1 Å². The van der Waals surface area contributed by atoms with Crippen LogP contribution in [-0.4, -0.2) is 11.8 Å². The summed E-state index contributed by atoms with van der Waals surface area (Å²) in [6.07, 6.45) is -4.54. The second kappa shape index (κ2) is 5.71. The second-order valence-electron chi connectivity index (χ2n) is 4.66. The Balaban J connectivity index is 3.12. The van der Waals surface area contributed by atoms with Crippen LogP contribution in [0.25, 0.3) is 0 Å². The second-order valence-corrected chi connectivity index (χ2v) is 5.84. The first-order valence-corrected chi connectivity index (χ1v) is 6.65. The van der Waals surface area contributed by atoms with E-state index in [0.717, 1.165) is 6.07 Å². The molecule has 7 heteroatoms. The summed E-state index contributed by atoms with van der Waals surface area (Å²) in [6.45, 7) is 3.11. The van der Waals surface area contributed by atoms with Crippen LogP contribution < -0.4 is 5.32 Å². The van der Waals surface area contributed by atoms with Crippen molar-refractivity contribution in [2.24, 2.45) is 5.41 Å². The average Bonchev–Trinajstić information content (AvgIpc) is 2.30. The third-order valence-corrected chi connectivity index (χ3v) is 3.65. The van der Waals surface area contributed by atoms with Crippen molar-refractivity contribution in [3.05, 3.63) is 28.2 Å². The van der Waals surface area contributed by atoms with E-state index in [1.807, 2.05) is 0 Å². The van der Waals surface area contributed by atoms with E-state index in [1.54, 1.807) is 13.8 Å². The van der Waals surface area contributed by atoms with Gasteiger partial charge >= 0.3 is 6.18 Å². The Hall–Kier alpha value is -0.750. The molecule has 106 valence electrons. The highest BCUT2D eigenvalue weighted by Crippen LogP contribution is 2.37. The van der Waals surface area contributed by atoms with E-state index in [9.17, 15) is 18.0 Å². The number of hydrogen-bond acceptors (Lipinski definition) is 1. The lowest BCUT2D eigenvalue weighted by atomic mass is 9.95. The lowest BCUT2D eigenvalue weighted by molar-refractivity contribution is -0.137. The molecule has 1 aromatic carbocycles. The highest BCUT2D eigenvalue weighted by Gasteiger charge is 2.35. The van der Waals surface area contributed by atoms with Gasteiger partial charge in [0.05, 0.1) is 16.7 Å². The normalized spacial score (nSPS) is 12.4. The van der Waals surface area contributed by atoms with E-state index in [-0.39, 0.29) is 16.0 Å². The predicted octanol–water partition coefficient (Wildman–Crippen LogP) is 4.67. The summed E-state index contributed by atoms with van der Waals surface area (Å²) in [6, 6.07) is 3.55. The summed E-state index contributed by atoms with van der Waals surface area (Å²) in [5.74, 6) is -0.549. The Morgan fingerprint density at radius 3 is 2.42 bits per heavy atom. The molecular weight excluding hydrogens is 346 g/mol. The first-order chi connectivity index (χ1) is 8.58. The third kappa shape index (κ3) is 4.11. The highest BCUT2D eigenvalue weighted by molar-refractivity contribution is 9.10. The van der Waals surface area contributed by atoms with Crippen LogP contribution >= 0.6 is 27.5 Å². The molecule has 0 saturated carbocycles. The maximum Gasteiger partial charge on any atom is 0.418 e. The van der Waals surface area contributed by atoms with E-state index < -0.39 is 23.1 Å². The van der Waals surface area contributed by atoms with Crippen molar-refractivity contribution in [3.63, 3.8) is 0 Å². The highest BCUT2D eigenvalue weighted by atomic mass is 79.9. The van der Waals surface area contributed by atoms with Gasteiger partial charge in [0.1, 0.15) is 0 Å². The summed E-state index contributed by atoms with van der Waals surface area (Å²) in [5, 5.41) is 2.27. The van der Waals surface area contributed by atoms with Crippen molar-refractivity contribution in [2.75, 3.05) is 11.2 Å². The molecule has 19 heavy (non-hydrogen) atoms. The van der Waals surface area contributed by atoms with Gasteiger partial charge in [0.15, 0.2) is 0 Å². The molecule has 1 amide bonds. The van der Waals surface area contributed by atoms with Gasteiger partial charge in [0, 0.05) is 10.4 Å². The van der Waals surface area contributed by atoms with Gasteiger partial charge in [-0.3, -0.25) is 4.79 Å². The molecule has 0 aliphatic heterocycles. The molecule has 0 aromatic heterocycles. The molecule has 0 aliphatic carbocycles. The van der Waals surface area contributed by atoms with Gasteiger partial charge in [-0.15, -0.1) is 11.6 Å². The zero-order chi connectivity index (χ0) is 14.8. The predicted molar refractivity (Wildman–Crippen MR) is 72.3 cm³/mol. The lowest BCUT2D eigenvalue weighted by Gasteiger charge is -2.22. The molecule has 1 aromatic rings.